The Bertz CT molecular complexity index is 614. The van der Waals surface area contributed by atoms with Crippen LogP contribution >= 0.6 is 0 Å². The van der Waals surface area contributed by atoms with Crippen molar-refractivity contribution in [1.29, 1.82) is 0 Å². The molecule has 1 fully saturated rings. The van der Waals surface area contributed by atoms with Crippen molar-refractivity contribution in [3.8, 4) is 11.3 Å². The minimum atomic E-state index is -0.261. The number of halogens is 1. The van der Waals surface area contributed by atoms with Crippen LogP contribution in [0.3, 0.4) is 0 Å². The molecule has 1 aromatic carbocycles. The normalized spacial score (nSPS) is 15.7. The van der Waals surface area contributed by atoms with Crippen molar-refractivity contribution >= 4 is 5.95 Å². The molecule has 0 amide bonds. The van der Waals surface area contributed by atoms with Gasteiger partial charge in [-0.25, -0.2) is 9.37 Å². The molecule has 1 aromatic heterocycles. The Morgan fingerprint density at radius 1 is 1.23 bits per heavy atom. The predicted octanol–water partition coefficient (Wildman–Crippen LogP) is 2.54. The van der Waals surface area contributed by atoms with E-state index in [1.54, 1.807) is 18.3 Å². The number of benzene rings is 1. The third-order valence-corrected chi connectivity index (χ3v) is 3.90. The van der Waals surface area contributed by atoms with E-state index in [2.05, 4.69) is 15.2 Å². The molecule has 0 radical (unpaired) electrons. The van der Waals surface area contributed by atoms with Crippen LogP contribution in [-0.2, 0) is 4.74 Å². The maximum absolute atomic E-state index is 13.0. The fourth-order valence-corrected chi connectivity index (χ4v) is 2.61. The zero-order chi connectivity index (χ0) is 15.4. The highest BCUT2D eigenvalue weighted by Crippen LogP contribution is 2.20. The summed E-state index contributed by atoms with van der Waals surface area (Å²) in [5, 5.41) is 8.13. The number of ether oxygens (including phenoxy) is 1. The summed E-state index contributed by atoms with van der Waals surface area (Å²) in [4.78, 5) is 6.56. The van der Waals surface area contributed by atoms with E-state index in [1.807, 2.05) is 11.9 Å². The minimum Gasteiger partial charge on any atom is -0.381 e. The second-order valence-electron chi connectivity index (χ2n) is 5.58. The standard InChI is InChI=1S/C16H19FN4O/c1-21(11-12-6-8-22-9-7-12)16-19-15(10-18-20-16)13-2-4-14(17)5-3-13/h2-5,10,12H,6-9,11H2,1H3. The van der Waals surface area contributed by atoms with E-state index in [-0.39, 0.29) is 5.82 Å². The summed E-state index contributed by atoms with van der Waals surface area (Å²) in [5.41, 5.74) is 1.53. The molecule has 0 atom stereocenters. The molecule has 2 aromatic rings. The summed E-state index contributed by atoms with van der Waals surface area (Å²) in [7, 11) is 1.97. The number of hydrogen-bond acceptors (Lipinski definition) is 5. The van der Waals surface area contributed by atoms with Crippen molar-refractivity contribution in [2.75, 3.05) is 31.7 Å². The Kier molecular flexibility index (Phi) is 4.58. The van der Waals surface area contributed by atoms with Crippen molar-refractivity contribution in [3.63, 3.8) is 0 Å². The van der Waals surface area contributed by atoms with Gasteiger partial charge in [0.25, 0.3) is 0 Å². The SMILES string of the molecule is CN(CC1CCOCC1)c1nncc(-c2ccc(F)cc2)n1. The topological polar surface area (TPSA) is 51.1 Å². The average Bonchev–Trinajstić information content (AvgIpc) is 2.56. The van der Waals surface area contributed by atoms with E-state index in [9.17, 15) is 4.39 Å². The Balaban J connectivity index is 1.73. The van der Waals surface area contributed by atoms with Crippen LogP contribution in [0.15, 0.2) is 30.5 Å². The van der Waals surface area contributed by atoms with Gasteiger partial charge in [-0.1, -0.05) is 0 Å². The van der Waals surface area contributed by atoms with Crippen LogP contribution in [0.1, 0.15) is 12.8 Å². The highest BCUT2D eigenvalue weighted by molar-refractivity contribution is 5.58. The van der Waals surface area contributed by atoms with Gasteiger partial charge in [-0.3, -0.25) is 0 Å². The van der Waals surface area contributed by atoms with Gasteiger partial charge in [-0.2, -0.15) is 5.10 Å². The Hall–Kier alpha value is -2.08. The molecule has 0 saturated carbocycles. The fourth-order valence-electron chi connectivity index (χ4n) is 2.61. The number of anilines is 1. The van der Waals surface area contributed by atoms with Crippen LogP contribution in [0, 0.1) is 11.7 Å². The molecule has 1 aliphatic rings. The van der Waals surface area contributed by atoms with Crippen LogP contribution < -0.4 is 4.90 Å². The lowest BCUT2D eigenvalue weighted by Crippen LogP contribution is -2.30. The molecule has 5 nitrogen and oxygen atoms in total. The summed E-state index contributed by atoms with van der Waals surface area (Å²) in [5.74, 6) is 0.924. The lowest BCUT2D eigenvalue weighted by molar-refractivity contribution is 0.0684. The summed E-state index contributed by atoms with van der Waals surface area (Å²) in [6, 6.07) is 6.23. The van der Waals surface area contributed by atoms with Crippen molar-refractivity contribution in [2.45, 2.75) is 12.8 Å². The zero-order valence-corrected chi connectivity index (χ0v) is 12.6. The number of aromatic nitrogens is 3. The van der Waals surface area contributed by atoms with E-state index in [1.165, 1.54) is 12.1 Å². The lowest BCUT2D eigenvalue weighted by Gasteiger charge is -2.26. The van der Waals surface area contributed by atoms with E-state index < -0.39 is 0 Å². The lowest BCUT2D eigenvalue weighted by atomic mass is 10.00. The van der Waals surface area contributed by atoms with Gasteiger partial charge in [0.1, 0.15) is 5.82 Å². The van der Waals surface area contributed by atoms with Crippen molar-refractivity contribution < 1.29 is 9.13 Å². The van der Waals surface area contributed by atoms with Crippen molar-refractivity contribution in [1.82, 2.24) is 15.2 Å². The van der Waals surface area contributed by atoms with Gasteiger partial charge < -0.3 is 9.64 Å². The highest BCUT2D eigenvalue weighted by atomic mass is 19.1. The van der Waals surface area contributed by atoms with Crippen molar-refractivity contribution in [3.05, 3.63) is 36.3 Å². The molecular weight excluding hydrogens is 283 g/mol. The predicted molar refractivity (Wildman–Crippen MR) is 82.0 cm³/mol. The first-order valence-corrected chi connectivity index (χ1v) is 7.47. The smallest absolute Gasteiger partial charge is 0.245 e. The van der Waals surface area contributed by atoms with Crippen LogP contribution in [-0.4, -0.2) is 42.0 Å². The van der Waals surface area contributed by atoms with Crippen LogP contribution in [0.25, 0.3) is 11.3 Å². The second-order valence-corrected chi connectivity index (χ2v) is 5.58. The van der Waals surface area contributed by atoms with E-state index in [0.29, 0.717) is 17.6 Å². The van der Waals surface area contributed by atoms with Gasteiger partial charge >= 0.3 is 0 Å². The molecule has 2 heterocycles. The third-order valence-electron chi connectivity index (χ3n) is 3.90. The number of hydrogen-bond donors (Lipinski definition) is 0. The maximum Gasteiger partial charge on any atom is 0.245 e. The van der Waals surface area contributed by atoms with Crippen LogP contribution in [0.4, 0.5) is 10.3 Å². The van der Waals surface area contributed by atoms with Crippen LogP contribution in [0.5, 0.6) is 0 Å². The van der Waals surface area contributed by atoms with E-state index in [4.69, 9.17) is 4.74 Å². The number of rotatable bonds is 4. The Labute approximate surface area is 129 Å². The molecule has 116 valence electrons. The molecule has 0 aliphatic carbocycles. The van der Waals surface area contributed by atoms with E-state index in [0.717, 1.165) is 38.2 Å². The Morgan fingerprint density at radius 2 is 1.95 bits per heavy atom. The van der Waals surface area contributed by atoms with Crippen LogP contribution in [0.2, 0.25) is 0 Å². The van der Waals surface area contributed by atoms with Gasteiger partial charge in [0.05, 0.1) is 11.9 Å². The van der Waals surface area contributed by atoms with Gasteiger partial charge in [0.2, 0.25) is 5.95 Å². The average molecular weight is 302 g/mol. The Morgan fingerprint density at radius 3 is 2.68 bits per heavy atom. The first-order chi connectivity index (χ1) is 10.7. The third kappa shape index (κ3) is 3.57. The molecule has 1 saturated heterocycles. The molecule has 0 spiro atoms. The minimum absolute atomic E-state index is 0.261. The molecule has 1 aliphatic heterocycles. The second kappa shape index (κ2) is 6.79. The molecule has 3 rings (SSSR count). The summed E-state index contributed by atoms with van der Waals surface area (Å²) in [6.07, 6.45) is 3.73. The van der Waals surface area contributed by atoms with Gasteiger partial charge in [0, 0.05) is 32.4 Å². The van der Waals surface area contributed by atoms with Gasteiger partial charge in [-0.15, -0.1) is 5.10 Å². The monoisotopic (exact) mass is 302 g/mol. The molecule has 6 heteroatoms. The van der Waals surface area contributed by atoms with E-state index >= 15 is 0 Å². The fraction of sp³-hybridized carbons (Fsp3) is 0.438. The number of nitrogens with zero attached hydrogens (tertiary/aromatic N) is 4. The molecular formula is C16H19FN4O. The summed E-state index contributed by atoms with van der Waals surface area (Å²) in [6.45, 7) is 2.54. The zero-order valence-electron chi connectivity index (χ0n) is 12.6. The van der Waals surface area contributed by atoms with Crippen molar-refractivity contribution in [2.24, 2.45) is 5.92 Å². The van der Waals surface area contributed by atoms with Gasteiger partial charge in [-0.05, 0) is 43.0 Å². The summed E-state index contributed by atoms with van der Waals surface area (Å²) >= 11 is 0. The van der Waals surface area contributed by atoms with Gasteiger partial charge in [0.15, 0.2) is 0 Å². The summed E-state index contributed by atoms with van der Waals surface area (Å²) < 4.78 is 18.4. The maximum atomic E-state index is 13.0. The highest BCUT2D eigenvalue weighted by Gasteiger charge is 2.17. The molecule has 0 bridgehead atoms. The molecule has 0 N–H and O–H groups in total. The quantitative estimate of drug-likeness (QED) is 0.868. The largest absolute Gasteiger partial charge is 0.381 e. The molecule has 0 unspecified atom stereocenters. The first-order valence-electron chi connectivity index (χ1n) is 7.47. The first kappa shape index (κ1) is 14.8. The molecule has 22 heavy (non-hydrogen) atoms.